The molecule has 0 saturated carbocycles. The molecule has 0 aliphatic rings. The van der Waals surface area contributed by atoms with E-state index in [9.17, 15) is 0 Å². The van der Waals surface area contributed by atoms with Crippen LogP contribution < -0.4 is 0 Å². The summed E-state index contributed by atoms with van der Waals surface area (Å²) in [5.41, 5.74) is 9.87. The number of rotatable bonds is 4. The van der Waals surface area contributed by atoms with Gasteiger partial charge in [-0.05, 0) is 58.7 Å². The molecule has 11 aromatic rings. The standard InChI is InChI=1S/C46H26N2OS2/c1-2-10-27(11-3-1)28-20-22-29(23-21-28)30-24-25-36-35(26-30)44-45(49-36)43(33-14-8-18-39-41(33)31-12-4-6-16-37(31)50-39)47-46(48-44)34-15-9-19-40-42(34)32-13-5-7-17-38(32)51-40/h1-26H. The minimum absolute atomic E-state index is 0.698. The maximum atomic E-state index is 6.76. The number of furan rings is 1. The van der Waals surface area contributed by atoms with Crippen molar-refractivity contribution in [2.75, 3.05) is 0 Å². The highest BCUT2D eigenvalue weighted by molar-refractivity contribution is 7.26. The number of aromatic nitrogens is 2. The molecule has 11 rings (SSSR count). The third-order valence-corrected chi connectivity index (χ3v) is 12.2. The van der Waals surface area contributed by atoms with E-state index in [1.54, 1.807) is 0 Å². The van der Waals surface area contributed by atoms with E-state index in [4.69, 9.17) is 14.4 Å². The molecule has 0 aliphatic heterocycles. The van der Waals surface area contributed by atoms with Crippen molar-refractivity contribution >= 4 is 85.1 Å². The molecule has 0 atom stereocenters. The van der Waals surface area contributed by atoms with Crippen molar-refractivity contribution < 1.29 is 4.42 Å². The Bertz CT molecular complexity index is 3130. The maximum Gasteiger partial charge on any atom is 0.180 e. The molecule has 7 aromatic carbocycles. The Kier molecular flexibility index (Phi) is 6.29. The Labute approximate surface area is 300 Å². The SMILES string of the molecule is c1ccc(-c2ccc(-c3ccc4oc5c(-c6cccc7sc8ccccc8c67)nc(-c6cccc7sc8ccccc8c67)nc5c4c3)cc2)cc1. The van der Waals surface area contributed by atoms with Crippen molar-refractivity contribution in [1.29, 1.82) is 0 Å². The summed E-state index contributed by atoms with van der Waals surface area (Å²) in [6, 6.07) is 56.0. The first kappa shape index (κ1) is 28.7. The molecule has 4 heterocycles. The molecule has 0 aliphatic carbocycles. The van der Waals surface area contributed by atoms with E-state index >= 15 is 0 Å². The van der Waals surface area contributed by atoms with Gasteiger partial charge in [0.1, 0.15) is 16.8 Å². The van der Waals surface area contributed by atoms with Crippen molar-refractivity contribution in [3.05, 3.63) is 158 Å². The highest BCUT2D eigenvalue weighted by atomic mass is 32.1. The van der Waals surface area contributed by atoms with Gasteiger partial charge in [0.15, 0.2) is 11.4 Å². The molecule has 3 nitrogen and oxygen atoms in total. The van der Waals surface area contributed by atoms with Crippen LogP contribution in [0.25, 0.3) is 107 Å². The average molecular weight is 687 g/mol. The summed E-state index contributed by atoms with van der Waals surface area (Å²) < 4.78 is 11.7. The molecule has 0 N–H and O–H groups in total. The van der Waals surface area contributed by atoms with E-state index in [1.165, 1.54) is 51.5 Å². The number of hydrogen-bond acceptors (Lipinski definition) is 5. The van der Waals surface area contributed by atoms with Crippen LogP contribution >= 0.6 is 22.7 Å². The zero-order valence-electron chi connectivity index (χ0n) is 27.1. The lowest BCUT2D eigenvalue weighted by atomic mass is 9.99. The Morgan fingerprint density at radius 3 is 1.67 bits per heavy atom. The van der Waals surface area contributed by atoms with Gasteiger partial charge in [-0.15, -0.1) is 22.7 Å². The first-order chi connectivity index (χ1) is 25.3. The monoisotopic (exact) mass is 686 g/mol. The van der Waals surface area contributed by atoms with Crippen LogP contribution in [-0.4, -0.2) is 9.97 Å². The Morgan fingerprint density at radius 2 is 0.961 bits per heavy atom. The summed E-state index contributed by atoms with van der Waals surface area (Å²) >= 11 is 3.62. The van der Waals surface area contributed by atoms with Crippen LogP contribution in [-0.2, 0) is 0 Å². The highest BCUT2D eigenvalue weighted by Gasteiger charge is 2.23. The summed E-state index contributed by atoms with van der Waals surface area (Å²) in [4.78, 5) is 10.8. The van der Waals surface area contributed by atoms with Crippen LogP contribution in [0.4, 0.5) is 0 Å². The van der Waals surface area contributed by atoms with Gasteiger partial charge in [-0.1, -0.05) is 121 Å². The Balaban J connectivity index is 1.19. The third-order valence-electron chi connectivity index (χ3n) is 9.94. The molecular weight excluding hydrogens is 661 g/mol. The van der Waals surface area contributed by atoms with Crippen LogP contribution in [0, 0.1) is 0 Å². The Hall–Kier alpha value is -6.14. The third kappa shape index (κ3) is 4.49. The fourth-order valence-electron chi connectivity index (χ4n) is 7.54. The summed E-state index contributed by atoms with van der Waals surface area (Å²) in [6.45, 7) is 0. The molecule has 0 radical (unpaired) electrons. The zero-order valence-corrected chi connectivity index (χ0v) is 28.8. The van der Waals surface area contributed by atoms with E-state index < -0.39 is 0 Å². The van der Waals surface area contributed by atoms with Crippen LogP contribution in [0.15, 0.2) is 162 Å². The van der Waals surface area contributed by atoms with Gasteiger partial charge in [0.2, 0.25) is 0 Å². The minimum atomic E-state index is 0.698. The van der Waals surface area contributed by atoms with E-state index in [-0.39, 0.29) is 0 Å². The van der Waals surface area contributed by atoms with Crippen LogP contribution in [0.3, 0.4) is 0 Å². The van der Waals surface area contributed by atoms with Crippen LogP contribution in [0.1, 0.15) is 0 Å². The number of thiophene rings is 2. The lowest BCUT2D eigenvalue weighted by Gasteiger charge is -2.09. The predicted molar refractivity (Wildman–Crippen MR) is 217 cm³/mol. The molecule has 0 unspecified atom stereocenters. The first-order valence-electron chi connectivity index (χ1n) is 17.0. The predicted octanol–water partition coefficient (Wildman–Crippen LogP) is 13.8. The molecule has 0 fully saturated rings. The summed E-state index contributed by atoms with van der Waals surface area (Å²) in [5.74, 6) is 0.698. The second-order valence-corrected chi connectivity index (χ2v) is 15.1. The summed E-state index contributed by atoms with van der Waals surface area (Å²) in [7, 11) is 0. The second-order valence-electron chi connectivity index (χ2n) is 12.9. The number of benzene rings is 7. The lowest BCUT2D eigenvalue weighted by Crippen LogP contribution is -1.95. The lowest BCUT2D eigenvalue weighted by molar-refractivity contribution is 0.667. The molecule has 0 saturated heterocycles. The normalized spacial score (nSPS) is 11.9. The summed E-state index contributed by atoms with van der Waals surface area (Å²) in [6.07, 6.45) is 0. The van der Waals surface area contributed by atoms with Gasteiger partial charge < -0.3 is 4.42 Å². The number of hydrogen-bond donors (Lipinski definition) is 0. The highest BCUT2D eigenvalue weighted by Crippen LogP contribution is 2.45. The van der Waals surface area contributed by atoms with Crippen LogP contribution in [0.5, 0.6) is 0 Å². The molecule has 0 amide bonds. The molecule has 238 valence electrons. The number of nitrogens with zero attached hydrogens (tertiary/aromatic N) is 2. The van der Waals surface area contributed by atoms with Crippen molar-refractivity contribution in [3.8, 4) is 44.9 Å². The summed E-state index contributed by atoms with van der Waals surface area (Å²) in [5, 5.41) is 5.81. The second kappa shape index (κ2) is 11.2. The molecule has 4 aromatic heterocycles. The van der Waals surface area contributed by atoms with Gasteiger partial charge in [0, 0.05) is 56.9 Å². The van der Waals surface area contributed by atoms with Gasteiger partial charge in [-0.2, -0.15) is 0 Å². The quantitative estimate of drug-likeness (QED) is 0.185. The first-order valence-corrected chi connectivity index (χ1v) is 18.6. The van der Waals surface area contributed by atoms with Crippen molar-refractivity contribution in [2.45, 2.75) is 0 Å². The van der Waals surface area contributed by atoms with Gasteiger partial charge in [0.25, 0.3) is 0 Å². The van der Waals surface area contributed by atoms with Crippen molar-refractivity contribution in [1.82, 2.24) is 9.97 Å². The van der Waals surface area contributed by atoms with Gasteiger partial charge in [0.05, 0.1) is 0 Å². The topological polar surface area (TPSA) is 38.9 Å². The number of fused-ring (bicyclic) bond motifs is 9. The largest absolute Gasteiger partial charge is 0.452 e. The molecule has 51 heavy (non-hydrogen) atoms. The van der Waals surface area contributed by atoms with E-state index in [2.05, 4.69) is 158 Å². The molecule has 0 bridgehead atoms. The van der Waals surface area contributed by atoms with Crippen molar-refractivity contribution in [3.63, 3.8) is 0 Å². The van der Waals surface area contributed by atoms with Gasteiger partial charge >= 0.3 is 0 Å². The minimum Gasteiger partial charge on any atom is -0.452 e. The van der Waals surface area contributed by atoms with E-state index in [0.717, 1.165) is 44.4 Å². The van der Waals surface area contributed by atoms with E-state index in [1.807, 2.05) is 22.7 Å². The fourth-order valence-corrected chi connectivity index (χ4v) is 9.81. The van der Waals surface area contributed by atoms with Crippen molar-refractivity contribution in [2.24, 2.45) is 0 Å². The smallest absolute Gasteiger partial charge is 0.180 e. The molecule has 0 spiro atoms. The zero-order chi connectivity index (χ0) is 33.5. The maximum absolute atomic E-state index is 6.76. The molecule has 5 heteroatoms. The van der Waals surface area contributed by atoms with Crippen LogP contribution in [0.2, 0.25) is 0 Å². The van der Waals surface area contributed by atoms with Gasteiger partial charge in [-0.25, -0.2) is 9.97 Å². The van der Waals surface area contributed by atoms with Gasteiger partial charge in [-0.3, -0.25) is 0 Å². The average Bonchev–Trinajstić information content (AvgIpc) is 3.89. The molecular formula is C46H26N2OS2. The van der Waals surface area contributed by atoms with E-state index in [0.29, 0.717) is 11.4 Å². The Morgan fingerprint density at radius 1 is 0.412 bits per heavy atom. The fraction of sp³-hybridized carbons (Fsp3) is 0.